The highest BCUT2D eigenvalue weighted by molar-refractivity contribution is 9.10. The number of benzene rings is 2. The maximum Gasteiger partial charge on any atom is 0.261 e. The fraction of sp³-hybridized carbons (Fsp3) is 0.481. The Hall–Kier alpha value is -1.78. The molecule has 1 atom stereocenters. The number of rotatable bonds is 7. The smallest absolute Gasteiger partial charge is 0.261 e. The van der Waals surface area contributed by atoms with Gasteiger partial charge in [0, 0.05) is 35.2 Å². The molecular formula is C27H32BrClN4O3S. The number of halogens is 2. The summed E-state index contributed by atoms with van der Waals surface area (Å²) in [4.78, 5) is 23.3. The van der Waals surface area contributed by atoms with Crippen LogP contribution >= 0.6 is 27.5 Å². The third-order valence-electron chi connectivity index (χ3n) is 7.62. The van der Waals surface area contributed by atoms with E-state index in [1.54, 1.807) is 19.1 Å². The lowest BCUT2D eigenvalue weighted by molar-refractivity contribution is 0.161. The van der Waals surface area contributed by atoms with Gasteiger partial charge in [-0.3, -0.25) is 19.2 Å². The van der Waals surface area contributed by atoms with E-state index >= 15 is 0 Å². The lowest BCUT2D eigenvalue weighted by Gasteiger charge is -2.32. The summed E-state index contributed by atoms with van der Waals surface area (Å²) in [5.74, 6) is -0.0297. The predicted octanol–water partition coefficient (Wildman–Crippen LogP) is 4.71. The van der Waals surface area contributed by atoms with Crippen molar-refractivity contribution >= 4 is 48.3 Å². The Kier molecular flexibility index (Phi) is 8.07. The van der Waals surface area contributed by atoms with Gasteiger partial charge in [-0.15, -0.1) is 0 Å². The van der Waals surface area contributed by atoms with Gasteiger partial charge in [0.2, 0.25) is 0 Å². The molecule has 1 unspecified atom stereocenters. The molecule has 7 nitrogen and oxygen atoms in total. The molecule has 37 heavy (non-hydrogen) atoms. The molecule has 0 N–H and O–H groups in total. The largest absolute Gasteiger partial charge is 0.299 e. The summed E-state index contributed by atoms with van der Waals surface area (Å²) < 4.78 is 27.5. The van der Waals surface area contributed by atoms with E-state index < -0.39 is 9.84 Å². The van der Waals surface area contributed by atoms with Crippen molar-refractivity contribution in [2.75, 3.05) is 31.9 Å². The Balaban J connectivity index is 1.38. The molecule has 0 amide bonds. The summed E-state index contributed by atoms with van der Waals surface area (Å²) in [6, 6.07) is 9.14. The van der Waals surface area contributed by atoms with Crippen molar-refractivity contribution in [2.24, 2.45) is 0 Å². The molecule has 2 aliphatic heterocycles. The van der Waals surface area contributed by atoms with Crippen molar-refractivity contribution in [3.05, 3.63) is 67.6 Å². The number of hydrogen-bond donors (Lipinski definition) is 0. The molecule has 198 valence electrons. The molecule has 0 saturated carbocycles. The average Bonchev–Trinajstić information content (AvgIpc) is 3.36. The van der Waals surface area contributed by atoms with Crippen molar-refractivity contribution in [3.8, 4) is 0 Å². The second kappa shape index (κ2) is 11.1. The van der Waals surface area contributed by atoms with E-state index in [0.717, 1.165) is 29.7 Å². The fourth-order valence-corrected chi connectivity index (χ4v) is 7.32. The first-order valence-corrected chi connectivity index (χ1v) is 15.7. The third-order valence-corrected chi connectivity index (χ3v) is 10.4. The molecule has 0 radical (unpaired) electrons. The minimum Gasteiger partial charge on any atom is -0.299 e. The van der Waals surface area contributed by atoms with Crippen LogP contribution in [0.25, 0.3) is 10.9 Å². The highest BCUT2D eigenvalue weighted by Gasteiger charge is 2.28. The summed E-state index contributed by atoms with van der Waals surface area (Å²) in [6.45, 7) is 7.06. The number of nitrogens with zero attached hydrogens (tertiary/aromatic N) is 4. The van der Waals surface area contributed by atoms with Crippen molar-refractivity contribution in [3.63, 3.8) is 0 Å². The van der Waals surface area contributed by atoms with Gasteiger partial charge in [0.15, 0.2) is 9.84 Å². The Morgan fingerprint density at radius 3 is 2.59 bits per heavy atom. The zero-order valence-electron chi connectivity index (χ0n) is 21.0. The normalized spacial score (nSPS) is 19.6. The molecule has 2 aliphatic rings. The standard InChI is InChI=1S/C27H32BrClN4O3S/c1-2-37(35,36)26-7-6-21(29)12-20(26)16-33-18-30-25-13-19(24(28)14-23(25)27(33)34)15-31-11-8-22(17-31)32-9-4-3-5-10-32/h6-7,12-14,18,22H,2-5,8-11,15-17H2,1H3. The highest BCUT2D eigenvalue weighted by Crippen LogP contribution is 2.27. The fourth-order valence-electron chi connectivity index (χ4n) is 5.55. The van der Waals surface area contributed by atoms with Gasteiger partial charge in [0.1, 0.15) is 0 Å². The number of likely N-dealkylation sites (tertiary alicyclic amines) is 2. The maximum atomic E-state index is 13.4. The third kappa shape index (κ3) is 5.81. The molecule has 2 fully saturated rings. The van der Waals surface area contributed by atoms with E-state index in [0.29, 0.717) is 27.5 Å². The monoisotopic (exact) mass is 606 g/mol. The van der Waals surface area contributed by atoms with Crippen molar-refractivity contribution in [1.29, 1.82) is 0 Å². The van der Waals surface area contributed by atoms with Crippen LogP contribution in [0.5, 0.6) is 0 Å². The van der Waals surface area contributed by atoms with Crippen LogP contribution in [-0.4, -0.2) is 65.7 Å². The SMILES string of the molecule is CCS(=O)(=O)c1ccc(Cl)cc1Cn1cnc2cc(CN3CCC(N4CCCCC4)C3)c(Br)cc2c1=O. The number of fused-ring (bicyclic) bond motifs is 1. The number of sulfone groups is 1. The molecule has 10 heteroatoms. The quantitative estimate of drug-likeness (QED) is 0.387. The molecular weight excluding hydrogens is 576 g/mol. The van der Waals surface area contributed by atoms with Gasteiger partial charge in [0.25, 0.3) is 5.56 Å². The summed E-state index contributed by atoms with van der Waals surface area (Å²) in [7, 11) is -3.47. The van der Waals surface area contributed by atoms with Crippen LogP contribution in [0, 0.1) is 0 Å². The van der Waals surface area contributed by atoms with E-state index in [-0.39, 0.29) is 22.8 Å². The number of aromatic nitrogens is 2. The van der Waals surface area contributed by atoms with Crippen LogP contribution in [0.15, 0.2) is 50.8 Å². The Morgan fingerprint density at radius 2 is 1.84 bits per heavy atom. The average molecular weight is 608 g/mol. The van der Waals surface area contributed by atoms with Gasteiger partial charge < -0.3 is 0 Å². The summed E-state index contributed by atoms with van der Waals surface area (Å²) >= 11 is 9.85. The zero-order chi connectivity index (χ0) is 26.2. The van der Waals surface area contributed by atoms with Crippen molar-refractivity contribution in [2.45, 2.75) is 56.6 Å². The second-order valence-electron chi connectivity index (χ2n) is 10.1. The molecule has 3 aromatic rings. The van der Waals surface area contributed by atoms with E-state index in [1.165, 1.54) is 55.7 Å². The van der Waals surface area contributed by atoms with Crippen LogP contribution in [0.2, 0.25) is 5.02 Å². The van der Waals surface area contributed by atoms with Gasteiger partial charge in [-0.25, -0.2) is 13.4 Å². The van der Waals surface area contributed by atoms with Gasteiger partial charge in [-0.2, -0.15) is 0 Å². The van der Waals surface area contributed by atoms with Crippen molar-refractivity contribution < 1.29 is 8.42 Å². The highest BCUT2D eigenvalue weighted by atomic mass is 79.9. The first kappa shape index (κ1) is 26.8. The number of piperidine rings is 1. The Bertz CT molecular complexity index is 1470. The van der Waals surface area contributed by atoms with Gasteiger partial charge in [-0.1, -0.05) is 40.9 Å². The van der Waals surface area contributed by atoms with Crippen LogP contribution in [0.1, 0.15) is 43.7 Å². The Morgan fingerprint density at radius 1 is 1.05 bits per heavy atom. The topological polar surface area (TPSA) is 75.5 Å². The maximum absolute atomic E-state index is 13.4. The predicted molar refractivity (Wildman–Crippen MR) is 151 cm³/mol. The summed E-state index contributed by atoms with van der Waals surface area (Å²) in [5.41, 5.74) is 2.01. The molecule has 2 saturated heterocycles. The zero-order valence-corrected chi connectivity index (χ0v) is 24.2. The molecule has 1 aromatic heterocycles. The van der Waals surface area contributed by atoms with E-state index in [4.69, 9.17) is 11.6 Å². The molecule has 2 aromatic carbocycles. The lowest BCUT2D eigenvalue weighted by Crippen LogP contribution is -2.40. The summed E-state index contributed by atoms with van der Waals surface area (Å²) in [5, 5.41) is 0.913. The molecule has 0 spiro atoms. The van der Waals surface area contributed by atoms with Crippen molar-refractivity contribution in [1.82, 2.24) is 19.4 Å². The van der Waals surface area contributed by atoms with Crippen LogP contribution in [0.3, 0.4) is 0 Å². The molecule has 0 bridgehead atoms. The first-order chi connectivity index (χ1) is 17.7. The molecule has 3 heterocycles. The minimum absolute atomic E-state index is 0.0297. The Labute approximate surface area is 231 Å². The van der Waals surface area contributed by atoms with E-state index in [9.17, 15) is 13.2 Å². The van der Waals surface area contributed by atoms with Gasteiger partial charge in [0.05, 0.1) is 34.4 Å². The van der Waals surface area contributed by atoms with Gasteiger partial charge >= 0.3 is 0 Å². The van der Waals surface area contributed by atoms with Gasteiger partial charge in [-0.05, 0) is 73.8 Å². The lowest BCUT2D eigenvalue weighted by atomic mass is 10.1. The van der Waals surface area contributed by atoms with Crippen LogP contribution in [0.4, 0.5) is 0 Å². The van der Waals surface area contributed by atoms with Crippen LogP contribution in [-0.2, 0) is 22.9 Å². The van der Waals surface area contributed by atoms with E-state index in [2.05, 4.69) is 30.7 Å². The summed E-state index contributed by atoms with van der Waals surface area (Å²) in [6.07, 6.45) is 6.66. The minimum atomic E-state index is -3.47. The first-order valence-electron chi connectivity index (χ1n) is 12.9. The molecule has 0 aliphatic carbocycles. The second-order valence-corrected chi connectivity index (χ2v) is 13.6. The number of hydrogen-bond acceptors (Lipinski definition) is 6. The van der Waals surface area contributed by atoms with Crippen LogP contribution < -0.4 is 5.56 Å². The molecule has 5 rings (SSSR count). The van der Waals surface area contributed by atoms with E-state index in [1.807, 2.05) is 12.1 Å².